The van der Waals surface area contributed by atoms with Crippen molar-refractivity contribution in [3.63, 3.8) is 0 Å². The molecule has 1 amide bonds. The molecule has 0 atom stereocenters. The molecule has 2 aromatic heterocycles. The van der Waals surface area contributed by atoms with E-state index < -0.39 is 5.91 Å². The number of carbonyl (C=O) groups is 1. The summed E-state index contributed by atoms with van der Waals surface area (Å²) in [7, 11) is 1.55. The third kappa shape index (κ3) is 4.11. The molecule has 2 heterocycles. The first-order valence-corrected chi connectivity index (χ1v) is 6.46. The van der Waals surface area contributed by atoms with E-state index in [1.807, 2.05) is 0 Å². The van der Waals surface area contributed by atoms with Gasteiger partial charge < -0.3 is 14.6 Å². The Kier molecular flexibility index (Phi) is 5.02. The number of carbonyl (C=O) groups excluding carboxylic acids is 1. The van der Waals surface area contributed by atoms with E-state index in [9.17, 15) is 9.59 Å². The zero-order valence-corrected chi connectivity index (χ0v) is 12.0. The molecule has 0 bridgehead atoms. The molecular formula is C13H13ClN4O3. The molecule has 0 unspecified atom stereocenters. The lowest BCUT2D eigenvalue weighted by molar-refractivity contribution is 0.102. The van der Waals surface area contributed by atoms with E-state index in [2.05, 4.69) is 15.3 Å². The van der Waals surface area contributed by atoms with Crippen LogP contribution in [0.2, 0.25) is 5.15 Å². The Bertz CT molecular complexity index is 685. The first-order valence-electron chi connectivity index (χ1n) is 6.08. The van der Waals surface area contributed by atoms with Crippen molar-refractivity contribution in [2.75, 3.05) is 19.0 Å². The predicted octanol–water partition coefficient (Wildman–Crippen LogP) is 1.19. The largest absolute Gasteiger partial charge is 0.383 e. The molecule has 0 spiro atoms. The standard InChI is InChI=1S/C13H13ClN4O3/c1-21-5-4-18-8-9(2-3-12(18)19)17-13(20)10-6-16-11(14)7-15-10/h2-3,6-8H,4-5H2,1H3,(H,17,20). The summed E-state index contributed by atoms with van der Waals surface area (Å²) in [5.74, 6) is -0.434. The topological polar surface area (TPSA) is 86.1 Å². The molecule has 0 aromatic carbocycles. The molecule has 0 saturated heterocycles. The second-order valence-electron chi connectivity index (χ2n) is 4.12. The number of rotatable bonds is 5. The van der Waals surface area contributed by atoms with Gasteiger partial charge in [0.1, 0.15) is 10.8 Å². The Labute approximate surface area is 125 Å². The van der Waals surface area contributed by atoms with Crippen molar-refractivity contribution in [3.8, 4) is 0 Å². The lowest BCUT2D eigenvalue weighted by Crippen LogP contribution is -2.22. The number of halogens is 1. The number of aromatic nitrogens is 3. The van der Waals surface area contributed by atoms with Crippen LogP contribution in [0.15, 0.2) is 35.5 Å². The van der Waals surface area contributed by atoms with E-state index in [0.29, 0.717) is 18.8 Å². The van der Waals surface area contributed by atoms with Crippen LogP contribution in [-0.2, 0) is 11.3 Å². The molecular weight excluding hydrogens is 296 g/mol. The zero-order chi connectivity index (χ0) is 15.2. The molecule has 2 rings (SSSR count). The van der Waals surface area contributed by atoms with Crippen molar-refractivity contribution in [2.24, 2.45) is 0 Å². The molecule has 0 aliphatic heterocycles. The summed E-state index contributed by atoms with van der Waals surface area (Å²) in [6.45, 7) is 0.805. The first-order chi connectivity index (χ1) is 10.1. The van der Waals surface area contributed by atoms with Crippen LogP contribution in [0.4, 0.5) is 5.69 Å². The summed E-state index contributed by atoms with van der Waals surface area (Å²) in [6, 6.07) is 2.89. The molecule has 8 heteroatoms. The number of ether oxygens (including phenoxy) is 1. The second-order valence-corrected chi connectivity index (χ2v) is 4.51. The highest BCUT2D eigenvalue weighted by Crippen LogP contribution is 2.07. The van der Waals surface area contributed by atoms with Gasteiger partial charge in [-0.3, -0.25) is 9.59 Å². The zero-order valence-electron chi connectivity index (χ0n) is 11.2. The fourth-order valence-corrected chi connectivity index (χ4v) is 1.69. The highest BCUT2D eigenvalue weighted by molar-refractivity contribution is 6.29. The Balaban J connectivity index is 2.13. The number of amides is 1. The first kappa shape index (κ1) is 15.1. The van der Waals surface area contributed by atoms with Crippen molar-refractivity contribution in [3.05, 3.63) is 51.9 Å². The van der Waals surface area contributed by atoms with Crippen LogP contribution in [-0.4, -0.2) is 34.2 Å². The minimum atomic E-state index is -0.434. The Morgan fingerprint density at radius 2 is 2.19 bits per heavy atom. The van der Waals surface area contributed by atoms with Crippen molar-refractivity contribution < 1.29 is 9.53 Å². The fourth-order valence-electron chi connectivity index (χ4n) is 1.59. The van der Waals surface area contributed by atoms with Crippen LogP contribution in [0, 0.1) is 0 Å². The van der Waals surface area contributed by atoms with Crippen LogP contribution in [0.3, 0.4) is 0 Å². The van der Waals surface area contributed by atoms with Gasteiger partial charge in [-0.15, -0.1) is 0 Å². The molecule has 1 N–H and O–H groups in total. The van der Waals surface area contributed by atoms with E-state index in [4.69, 9.17) is 16.3 Å². The highest BCUT2D eigenvalue weighted by Gasteiger charge is 2.09. The van der Waals surface area contributed by atoms with Gasteiger partial charge in [-0.2, -0.15) is 0 Å². The van der Waals surface area contributed by atoms with Crippen LogP contribution < -0.4 is 10.9 Å². The average Bonchev–Trinajstić information content (AvgIpc) is 2.48. The van der Waals surface area contributed by atoms with Gasteiger partial charge in [0.15, 0.2) is 0 Å². The van der Waals surface area contributed by atoms with Gasteiger partial charge in [-0.1, -0.05) is 11.6 Å². The van der Waals surface area contributed by atoms with Crippen molar-refractivity contribution in [1.29, 1.82) is 0 Å². The van der Waals surface area contributed by atoms with Crippen LogP contribution >= 0.6 is 11.6 Å². The Hall–Kier alpha value is -2.25. The molecule has 2 aromatic rings. The van der Waals surface area contributed by atoms with Gasteiger partial charge in [0.2, 0.25) is 0 Å². The van der Waals surface area contributed by atoms with Crippen LogP contribution in [0.25, 0.3) is 0 Å². The summed E-state index contributed by atoms with van der Waals surface area (Å²) >= 11 is 5.61. The summed E-state index contributed by atoms with van der Waals surface area (Å²) in [5.41, 5.74) is 0.442. The second kappa shape index (κ2) is 6.96. The maximum absolute atomic E-state index is 12.0. The van der Waals surface area contributed by atoms with E-state index in [1.165, 1.54) is 29.1 Å². The number of nitrogens with one attached hydrogen (secondary N) is 1. The van der Waals surface area contributed by atoms with Gasteiger partial charge >= 0.3 is 0 Å². The number of methoxy groups -OCH3 is 1. The maximum atomic E-state index is 12.0. The summed E-state index contributed by atoms with van der Waals surface area (Å²) in [4.78, 5) is 31.2. The van der Waals surface area contributed by atoms with Gasteiger partial charge in [0.05, 0.1) is 24.7 Å². The molecule has 21 heavy (non-hydrogen) atoms. The summed E-state index contributed by atoms with van der Waals surface area (Å²) in [6.07, 6.45) is 4.11. The fraction of sp³-hybridized carbons (Fsp3) is 0.231. The predicted molar refractivity (Wildman–Crippen MR) is 77.6 cm³/mol. The number of pyridine rings is 1. The number of nitrogens with zero attached hydrogens (tertiary/aromatic N) is 3. The smallest absolute Gasteiger partial charge is 0.275 e. The summed E-state index contributed by atoms with van der Waals surface area (Å²) < 4.78 is 6.38. The highest BCUT2D eigenvalue weighted by atomic mass is 35.5. The minimum absolute atomic E-state index is 0.133. The molecule has 110 valence electrons. The van der Waals surface area contributed by atoms with Crippen molar-refractivity contribution >= 4 is 23.2 Å². The Morgan fingerprint density at radius 3 is 2.86 bits per heavy atom. The van der Waals surface area contributed by atoms with Gasteiger partial charge in [-0.05, 0) is 6.07 Å². The minimum Gasteiger partial charge on any atom is -0.383 e. The molecule has 0 saturated carbocycles. The third-order valence-electron chi connectivity index (χ3n) is 2.63. The lowest BCUT2D eigenvalue weighted by Gasteiger charge is -2.08. The number of hydrogen-bond acceptors (Lipinski definition) is 5. The van der Waals surface area contributed by atoms with E-state index >= 15 is 0 Å². The third-order valence-corrected chi connectivity index (χ3v) is 2.83. The van der Waals surface area contributed by atoms with E-state index in [-0.39, 0.29) is 16.4 Å². The lowest BCUT2D eigenvalue weighted by atomic mass is 10.3. The quantitative estimate of drug-likeness (QED) is 0.896. The summed E-state index contributed by atoms with van der Waals surface area (Å²) in [5, 5.41) is 2.84. The number of anilines is 1. The normalized spacial score (nSPS) is 10.4. The van der Waals surface area contributed by atoms with Crippen LogP contribution in [0.5, 0.6) is 0 Å². The van der Waals surface area contributed by atoms with E-state index in [0.717, 1.165) is 0 Å². The van der Waals surface area contributed by atoms with Crippen molar-refractivity contribution in [1.82, 2.24) is 14.5 Å². The molecule has 0 aliphatic carbocycles. The average molecular weight is 309 g/mol. The SMILES string of the molecule is COCCn1cc(NC(=O)c2cnc(Cl)cn2)ccc1=O. The number of hydrogen-bond donors (Lipinski definition) is 1. The van der Waals surface area contributed by atoms with Crippen LogP contribution in [0.1, 0.15) is 10.5 Å². The molecule has 0 radical (unpaired) electrons. The molecule has 0 fully saturated rings. The monoisotopic (exact) mass is 308 g/mol. The Morgan fingerprint density at radius 1 is 1.38 bits per heavy atom. The maximum Gasteiger partial charge on any atom is 0.275 e. The molecule has 7 nitrogen and oxygen atoms in total. The van der Waals surface area contributed by atoms with E-state index in [1.54, 1.807) is 13.3 Å². The van der Waals surface area contributed by atoms with Crippen molar-refractivity contribution in [2.45, 2.75) is 6.54 Å². The molecule has 0 aliphatic rings. The van der Waals surface area contributed by atoms with Gasteiger partial charge in [0.25, 0.3) is 11.5 Å². The van der Waals surface area contributed by atoms with Gasteiger partial charge in [0, 0.05) is 25.9 Å². The van der Waals surface area contributed by atoms with Gasteiger partial charge in [-0.25, -0.2) is 9.97 Å².